The summed E-state index contributed by atoms with van der Waals surface area (Å²) in [6.45, 7) is 4.83. The zero-order valence-corrected chi connectivity index (χ0v) is 13.4. The molecule has 2 aliphatic rings. The van der Waals surface area contributed by atoms with E-state index in [1.165, 1.54) is 0 Å². The molecule has 4 atom stereocenters. The van der Waals surface area contributed by atoms with E-state index in [2.05, 4.69) is 38.0 Å². The lowest BCUT2D eigenvalue weighted by atomic mass is 10.0. The Labute approximate surface area is 123 Å². The van der Waals surface area contributed by atoms with E-state index >= 15 is 0 Å². The van der Waals surface area contributed by atoms with E-state index in [4.69, 9.17) is 20.9 Å². The maximum atomic E-state index is 5.56. The van der Waals surface area contributed by atoms with E-state index in [1.54, 1.807) is 0 Å². The third kappa shape index (κ3) is 4.95. The van der Waals surface area contributed by atoms with Crippen LogP contribution >= 0.6 is 0 Å². The average molecular weight is 288 g/mol. The molecule has 0 radical (unpaired) electrons. The molecule has 2 aliphatic heterocycles. The standard InChI is InChI=1S/2C7H16N2O/c2*1-9(2)7-5-10-4-6(7)3-8/h2*6-7H,3-5,8H2,1-2H3/t2*6-,7-/m10/s1. The second kappa shape index (κ2) is 8.92. The van der Waals surface area contributed by atoms with Crippen molar-refractivity contribution in [2.45, 2.75) is 12.1 Å². The fraction of sp³-hybridized carbons (Fsp3) is 1.00. The minimum atomic E-state index is 0.532. The normalized spacial score (nSPS) is 33.6. The first-order valence-corrected chi connectivity index (χ1v) is 7.39. The lowest BCUT2D eigenvalue weighted by molar-refractivity contribution is 0.169. The molecule has 2 fully saturated rings. The van der Waals surface area contributed by atoms with Gasteiger partial charge in [0.2, 0.25) is 0 Å². The fourth-order valence-electron chi connectivity index (χ4n) is 2.77. The first-order chi connectivity index (χ1) is 9.51. The Bertz CT molecular complexity index is 238. The van der Waals surface area contributed by atoms with Gasteiger partial charge in [0.05, 0.1) is 26.4 Å². The third-order valence-electron chi connectivity index (χ3n) is 4.26. The number of ether oxygens (including phenoxy) is 2. The molecule has 0 aromatic rings. The molecular formula is C14H32N4O2. The molecular weight excluding hydrogens is 256 g/mol. The highest BCUT2D eigenvalue weighted by Crippen LogP contribution is 2.16. The van der Waals surface area contributed by atoms with Crippen LogP contribution in [-0.4, -0.2) is 89.6 Å². The zero-order valence-electron chi connectivity index (χ0n) is 13.4. The number of likely N-dealkylation sites (N-methyl/N-ethyl adjacent to an activating group) is 2. The fourth-order valence-corrected chi connectivity index (χ4v) is 2.77. The molecule has 0 spiro atoms. The molecule has 120 valence electrons. The van der Waals surface area contributed by atoms with Gasteiger partial charge >= 0.3 is 0 Å². The van der Waals surface area contributed by atoms with Gasteiger partial charge in [-0.1, -0.05) is 0 Å². The van der Waals surface area contributed by atoms with E-state index in [1.807, 2.05) is 0 Å². The minimum Gasteiger partial charge on any atom is -0.379 e. The highest BCUT2D eigenvalue weighted by Gasteiger charge is 2.28. The van der Waals surface area contributed by atoms with Gasteiger partial charge in [-0.25, -0.2) is 0 Å². The molecule has 0 amide bonds. The Morgan fingerprint density at radius 1 is 0.750 bits per heavy atom. The minimum absolute atomic E-state index is 0.532. The van der Waals surface area contributed by atoms with E-state index in [0.29, 0.717) is 23.9 Å². The Balaban J connectivity index is 0.000000200. The van der Waals surface area contributed by atoms with Crippen LogP contribution in [-0.2, 0) is 9.47 Å². The molecule has 0 saturated carbocycles. The van der Waals surface area contributed by atoms with Crippen molar-refractivity contribution in [2.75, 3.05) is 67.7 Å². The molecule has 4 N–H and O–H groups in total. The maximum absolute atomic E-state index is 5.56. The van der Waals surface area contributed by atoms with Crippen LogP contribution in [0.5, 0.6) is 0 Å². The molecule has 0 aromatic heterocycles. The van der Waals surface area contributed by atoms with Crippen LogP contribution in [0.3, 0.4) is 0 Å². The Hall–Kier alpha value is -0.240. The maximum Gasteiger partial charge on any atom is 0.0625 e. The quantitative estimate of drug-likeness (QED) is 0.694. The van der Waals surface area contributed by atoms with Crippen molar-refractivity contribution < 1.29 is 9.47 Å². The zero-order chi connectivity index (χ0) is 15.1. The number of nitrogens with two attached hydrogens (primary N) is 2. The number of hydrogen-bond acceptors (Lipinski definition) is 6. The highest BCUT2D eigenvalue weighted by molar-refractivity contribution is 4.81. The summed E-state index contributed by atoms with van der Waals surface area (Å²) >= 11 is 0. The van der Waals surface area contributed by atoms with Crippen LogP contribution < -0.4 is 11.5 Å². The lowest BCUT2D eigenvalue weighted by Crippen LogP contribution is -2.37. The summed E-state index contributed by atoms with van der Waals surface area (Å²) in [5.41, 5.74) is 11.1. The Kier molecular flexibility index (Phi) is 7.94. The van der Waals surface area contributed by atoms with Crippen molar-refractivity contribution in [3.8, 4) is 0 Å². The van der Waals surface area contributed by atoms with Crippen molar-refractivity contribution in [3.05, 3.63) is 0 Å². The molecule has 20 heavy (non-hydrogen) atoms. The van der Waals surface area contributed by atoms with Crippen LogP contribution in [0.25, 0.3) is 0 Å². The van der Waals surface area contributed by atoms with Crippen molar-refractivity contribution in [2.24, 2.45) is 23.3 Å². The third-order valence-corrected chi connectivity index (χ3v) is 4.26. The van der Waals surface area contributed by atoms with Crippen molar-refractivity contribution in [3.63, 3.8) is 0 Å². The highest BCUT2D eigenvalue weighted by atomic mass is 16.5. The molecule has 2 heterocycles. The molecule has 6 nitrogen and oxygen atoms in total. The molecule has 2 saturated heterocycles. The van der Waals surface area contributed by atoms with E-state index < -0.39 is 0 Å². The SMILES string of the molecule is CN(C)[C@@H]1COC[C@H]1CN.CN(C)[C@H]1COC[C@@H]1CN. The summed E-state index contributed by atoms with van der Waals surface area (Å²) in [5.74, 6) is 1.07. The number of nitrogens with zero attached hydrogens (tertiary/aromatic N) is 2. The summed E-state index contributed by atoms with van der Waals surface area (Å²) in [6.07, 6.45) is 0. The Morgan fingerprint density at radius 2 is 1.10 bits per heavy atom. The van der Waals surface area contributed by atoms with Crippen molar-refractivity contribution in [1.29, 1.82) is 0 Å². The van der Waals surface area contributed by atoms with Gasteiger partial charge in [-0.15, -0.1) is 0 Å². The summed E-state index contributed by atoms with van der Waals surface area (Å²) in [4.78, 5) is 4.37. The van der Waals surface area contributed by atoms with Gasteiger partial charge in [-0.2, -0.15) is 0 Å². The van der Waals surface area contributed by atoms with Crippen LogP contribution in [0.1, 0.15) is 0 Å². The van der Waals surface area contributed by atoms with E-state index in [0.717, 1.165) is 39.5 Å². The molecule has 0 aliphatic carbocycles. The topological polar surface area (TPSA) is 77.0 Å². The monoisotopic (exact) mass is 288 g/mol. The average Bonchev–Trinajstić information content (AvgIpc) is 3.07. The summed E-state index contributed by atoms with van der Waals surface area (Å²) in [6, 6.07) is 1.06. The molecule has 6 heteroatoms. The number of rotatable bonds is 4. The predicted molar refractivity (Wildman–Crippen MR) is 81.7 cm³/mol. The van der Waals surface area contributed by atoms with Crippen LogP contribution in [0.15, 0.2) is 0 Å². The van der Waals surface area contributed by atoms with Crippen LogP contribution in [0.2, 0.25) is 0 Å². The molecule has 0 bridgehead atoms. The smallest absolute Gasteiger partial charge is 0.0625 e. The van der Waals surface area contributed by atoms with Gasteiger partial charge in [0, 0.05) is 23.9 Å². The van der Waals surface area contributed by atoms with Gasteiger partial charge in [-0.05, 0) is 41.3 Å². The lowest BCUT2D eigenvalue weighted by Gasteiger charge is -2.22. The summed E-state index contributed by atoms with van der Waals surface area (Å²) in [5, 5.41) is 0. The summed E-state index contributed by atoms with van der Waals surface area (Å²) in [7, 11) is 8.29. The van der Waals surface area contributed by atoms with Gasteiger partial charge in [-0.3, -0.25) is 0 Å². The van der Waals surface area contributed by atoms with Gasteiger partial charge in [0.25, 0.3) is 0 Å². The Morgan fingerprint density at radius 3 is 1.30 bits per heavy atom. The van der Waals surface area contributed by atoms with Gasteiger partial charge in [0.1, 0.15) is 0 Å². The molecule has 0 aromatic carbocycles. The molecule has 2 rings (SSSR count). The van der Waals surface area contributed by atoms with Crippen LogP contribution in [0.4, 0.5) is 0 Å². The second-order valence-corrected chi connectivity index (χ2v) is 6.13. The van der Waals surface area contributed by atoms with E-state index in [-0.39, 0.29) is 0 Å². The van der Waals surface area contributed by atoms with Crippen molar-refractivity contribution in [1.82, 2.24) is 9.80 Å². The predicted octanol–water partition coefficient (Wildman–Crippen LogP) is -0.957. The van der Waals surface area contributed by atoms with Crippen molar-refractivity contribution >= 4 is 0 Å². The number of hydrogen-bond donors (Lipinski definition) is 2. The van der Waals surface area contributed by atoms with Gasteiger partial charge < -0.3 is 30.7 Å². The summed E-state index contributed by atoms with van der Waals surface area (Å²) < 4.78 is 10.6. The van der Waals surface area contributed by atoms with Crippen LogP contribution in [0, 0.1) is 11.8 Å². The largest absolute Gasteiger partial charge is 0.379 e. The molecule has 0 unspecified atom stereocenters. The first-order valence-electron chi connectivity index (χ1n) is 7.39. The second-order valence-electron chi connectivity index (χ2n) is 6.13. The van der Waals surface area contributed by atoms with E-state index in [9.17, 15) is 0 Å². The van der Waals surface area contributed by atoms with Gasteiger partial charge in [0.15, 0.2) is 0 Å². The first kappa shape index (κ1) is 17.8.